The second-order valence-corrected chi connectivity index (χ2v) is 6.37. The van der Waals surface area contributed by atoms with Crippen molar-refractivity contribution < 1.29 is 4.39 Å². The number of hydrogen-bond acceptors (Lipinski definition) is 1. The molecule has 0 radical (unpaired) electrons. The number of H-pyrrole nitrogens is 1. The monoisotopic (exact) mass is 364 g/mol. The number of imidazole rings is 1. The van der Waals surface area contributed by atoms with E-state index < -0.39 is 0 Å². The van der Waals surface area contributed by atoms with Crippen LogP contribution in [0.4, 0.5) is 4.39 Å². The van der Waals surface area contributed by atoms with Crippen molar-refractivity contribution >= 4 is 39.2 Å². The molecule has 0 amide bonds. The highest BCUT2D eigenvalue weighted by atomic mass is 79.9. The molecule has 0 spiro atoms. The minimum atomic E-state index is -0.190. The molecule has 2 aromatic carbocycles. The van der Waals surface area contributed by atoms with Crippen LogP contribution in [0.25, 0.3) is 11.0 Å². The number of hydrogen-bond donors (Lipinski definition) is 1. The lowest BCUT2D eigenvalue weighted by Crippen LogP contribution is -2.02. The SMILES string of the molecule is Cc1cc(F)ccc1CCn1c(=S)[nH]c2cc(Br)ccc21. The number of nitrogens with one attached hydrogen (secondary N) is 1. The molecule has 1 N–H and O–H groups in total. The van der Waals surface area contributed by atoms with Crippen LogP contribution in [0.2, 0.25) is 0 Å². The Labute approximate surface area is 135 Å². The number of aromatic nitrogens is 2. The van der Waals surface area contributed by atoms with Gasteiger partial charge < -0.3 is 9.55 Å². The van der Waals surface area contributed by atoms with Gasteiger partial charge in [-0.05, 0) is 67.0 Å². The Morgan fingerprint density at radius 3 is 2.81 bits per heavy atom. The Kier molecular flexibility index (Phi) is 3.95. The highest BCUT2D eigenvalue weighted by molar-refractivity contribution is 9.10. The van der Waals surface area contributed by atoms with Gasteiger partial charge in [-0.15, -0.1) is 0 Å². The maximum Gasteiger partial charge on any atom is 0.178 e. The van der Waals surface area contributed by atoms with Gasteiger partial charge in [-0.2, -0.15) is 0 Å². The number of benzene rings is 2. The third kappa shape index (κ3) is 2.94. The number of aryl methyl sites for hydroxylation is 3. The van der Waals surface area contributed by atoms with Crippen LogP contribution in [0.1, 0.15) is 11.1 Å². The molecule has 1 aromatic heterocycles. The fourth-order valence-electron chi connectivity index (χ4n) is 2.53. The molecule has 0 fully saturated rings. The van der Waals surface area contributed by atoms with Crippen molar-refractivity contribution in [3.63, 3.8) is 0 Å². The summed E-state index contributed by atoms with van der Waals surface area (Å²) in [6.07, 6.45) is 0.823. The van der Waals surface area contributed by atoms with Crippen LogP contribution in [0, 0.1) is 17.5 Å². The molecule has 0 aliphatic rings. The van der Waals surface area contributed by atoms with Gasteiger partial charge in [0.25, 0.3) is 0 Å². The van der Waals surface area contributed by atoms with E-state index in [0.717, 1.165) is 39.6 Å². The van der Waals surface area contributed by atoms with Crippen LogP contribution in [-0.2, 0) is 13.0 Å². The van der Waals surface area contributed by atoms with Gasteiger partial charge in [0.15, 0.2) is 4.77 Å². The molecule has 1 heterocycles. The molecule has 3 aromatic rings. The first-order chi connectivity index (χ1) is 10.0. The fraction of sp³-hybridized carbons (Fsp3) is 0.188. The van der Waals surface area contributed by atoms with E-state index in [4.69, 9.17) is 12.2 Å². The van der Waals surface area contributed by atoms with E-state index in [9.17, 15) is 4.39 Å². The van der Waals surface area contributed by atoms with Gasteiger partial charge in [0.1, 0.15) is 5.82 Å². The third-order valence-corrected chi connectivity index (χ3v) is 4.46. The summed E-state index contributed by atoms with van der Waals surface area (Å²) in [6.45, 7) is 2.71. The topological polar surface area (TPSA) is 20.7 Å². The van der Waals surface area contributed by atoms with Crippen LogP contribution in [0.5, 0.6) is 0 Å². The Morgan fingerprint density at radius 2 is 2.05 bits per heavy atom. The first kappa shape index (κ1) is 14.5. The van der Waals surface area contributed by atoms with E-state index in [0.29, 0.717) is 4.77 Å². The lowest BCUT2D eigenvalue weighted by molar-refractivity contribution is 0.624. The molecule has 0 saturated carbocycles. The van der Waals surface area contributed by atoms with Gasteiger partial charge in [0.2, 0.25) is 0 Å². The van der Waals surface area contributed by atoms with Gasteiger partial charge in [-0.3, -0.25) is 0 Å². The molecule has 3 rings (SSSR count). The van der Waals surface area contributed by atoms with Gasteiger partial charge in [0.05, 0.1) is 11.0 Å². The molecule has 0 aliphatic heterocycles. The number of fused-ring (bicyclic) bond motifs is 1. The van der Waals surface area contributed by atoms with Crippen molar-refractivity contribution in [2.75, 3.05) is 0 Å². The lowest BCUT2D eigenvalue weighted by atomic mass is 10.1. The van der Waals surface area contributed by atoms with E-state index in [1.165, 1.54) is 6.07 Å². The number of rotatable bonds is 3. The van der Waals surface area contributed by atoms with Crippen molar-refractivity contribution in [1.29, 1.82) is 0 Å². The molecule has 0 atom stereocenters. The van der Waals surface area contributed by atoms with E-state index in [-0.39, 0.29) is 5.82 Å². The van der Waals surface area contributed by atoms with E-state index in [2.05, 4.69) is 25.5 Å². The van der Waals surface area contributed by atoms with Gasteiger partial charge in [-0.1, -0.05) is 22.0 Å². The molecular formula is C16H14BrFN2S. The van der Waals surface area contributed by atoms with Gasteiger partial charge in [0, 0.05) is 11.0 Å². The maximum absolute atomic E-state index is 13.1. The number of halogens is 2. The van der Waals surface area contributed by atoms with E-state index in [1.54, 1.807) is 6.07 Å². The summed E-state index contributed by atoms with van der Waals surface area (Å²) in [5.41, 5.74) is 4.22. The van der Waals surface area contributed by atoms with E-state index in [1.807, 2.05) is 31.2 Å². The molecule has 0 bridgehead atoms. The smallest absolute Gasteiger partial charge is 0.178 e. The highest BCUT2D eigenvalue weighted by Crippen LogP contribution is 2.20. The van der Waals surface area contributed by atoms with Crippen LogP contribution >= 0.6 is 28.1 Å². The Balaban J connectivity index is 1.91. The summed E-state index contributed by atoms with van der Waals surface area (Å²) in [4.78, 5) is 3.22. The summed E-state index contributed by atoms with van der Waals surface area (Å²) >= 11 is 8.86. The molecule has 108 valence electrons. The summed E-state index contributed by atoms with van der Waals surface area (Å²) < 4.78 is 17.0. The summed E-state index contributed by atoms with van der Waals surface area (Å²) in [5, 5.41) is 0. The normalized spacial score (nSPS) is 11.2. The van der Waals surface area contributed by atoms with Crippen molar-refractivity contribution in [2.45, 2.75) is 19.9 Å². The van der Waals surface area contributed by atoms with Crippen molar-refractivity contribution in [2.24, 2.45) is 0 Å². The first-order valence-electron chi connectivity index (χ1n) is 6.68. The third-order valence-electron chi connectivity index (χ3n) is 3.65. The zero-order chi connectivity index (χ0) is 15.0. The molecule has 2 nitrogen and oxygen atoms in total. The maximum atomic E-state index is 13.1. The van der Waals surface area contributed by atoms with Crippen molar-refractivity contribution in [1.82, 2.24) is 9.55 Å². The molecular weight excluding hydrogens is 351 g/mol. The standard InChI is InChI=1S/C16H14BrFN2S/c1-10-8-13(18)4-2-11(10)6-7-20-15-5-3-12(17)9-14(15)19-16(20)21/h2-5,8-9H,6-7H2,1H3,(H,19,21). The Bertz CT molecular complexity index is 866. The average molecular weight is 365 g/mol. The first-order valence-corrected chi connectivity index (χ1v) is 7.88. The zero-order valence-electron chi connectivity index (χ0n) is 11.5. The van der Waals surface area contributed by atoms with Crippen molar-refractivity contribution in [3.05, 3.63) is 62.6 Å². The second-order valence-electron chi connectivity index (χ2n) is 5.06. The Hall–Kier alpha value is -1.46. The average Bonchev–Trinajstić information content (AvgIpc) is 2.72. The van der Waals surface area contributed by atoms with Crippen LogP contribution in [-0.4, -0.2) is 9.55 Å². The molecule has 0 unspecified atom stereocenters. The second kappa shape index (κ2) is 5.73. The quantitative estimate of drug-likeness (QED) is 0.637. The summed E-state index contributed by atoms with van der Waals surface area (Å²) in [5.74, 6) is -0.190. The van der Waals surface area contributed by atoms with Crippen LogP contribution < -0.4 is 0 Å². The lowest BCUT2D eigenvalue weighted by Gasteiger charge is -2.08. The summed E-state index contributed by atoms with van der Waals surface area (Å²) in [6, 6.07) is 11.0. The number of aromatic amines is 1. The molecule has 5 heteroatoms. The predicted octanol–water partition coefficient (Wildman–Crippen LogP) is 5.15. The highest BCUT2D eigenvalue weighted by Gasteiger charge is 2.06. The van der Waals surface area contributed by atoms with Gasteiger partial charge >= 0.3 is 0 Å². The summed E-state index contributed by atoms with van der Waals surface area (Å²) in [7, 11) is 0. The van der Waals surface area contributed by atoms with Gasteiger partial charge in [-0.25, -0.2) is 4.39 Å². The van der Waals surface area contributed by atoms with Crippen molar-refractivity contribution in [3.8, 4) is 0 Å². The molecule has 0 saturated heterocycles. The minimum absolute atomic E-state index is 0.190. The fourth-order valence-corrected chi connectivity index (χ4v) is 3.19. The van der Waals surface area contributed by atoms with Crippen LogP contribution in [0.15, 0.2) is 40.9 Å². The van der Waals surface area contributed by atoms with Crippen LogP contribution in [0.3, 0.4) is 0 Å². The predicted molar refractivity (Wildman–Crippen MR) is 89.7 cm³/mol. The number of nitrogens with zero attached hydrogens (tertiary/aromatic N) is 1. The van der Waals surface area contributed by atoms with E-state index >= 15 is 0 Å². The minimum Gasteiger partial charge on any atom is -0.331 e. The Morgan fingerprint density at radius 1 is 1.24 bits per heavy atom. The zero-order valence-corrected chi connectivity index (χ0v) is 13.9. The largest absolute Gasteiger partial charge is 0.331 e. The molecule has 0 aliphatic carbocycles. The molecule has 21 heavy (non-hydrogen) atoms.